The molecule has 0 aliphatic rings. The van der Waals surface area contributed by atoms with Crippen molar-refractivity contribution in [3.05, 3.63) is 53.3 Å². The molecule has 1 amide bonds. The Labute approximate surface area is 117 Å². The summed E-state index contributed by atoms with van der Waals surface area (Å²) in [5, 5.41) is 11.5. The van der Waals surface area contributed by atoms with Crippen molar-refractivity contribution in [3.63, 3.8) is 0 Å². The Balaban J connectivity index is 2.28. The number of hydrogen-bond acceptors (Lipinski definition) is 3. The van der Waals surface area contributed by atoms with Gasteiger partial charge >= 0.3 is 0 Å². The molecule has 0 saturated carbocycles. The van der Waals surface area contributed by atoms with Crippen molar-refractivity contribution in [2.75, 3.05) is 12.4 Å². The summed E-state index contributed by atoms with van der Waals surface area (Å²) in [6, 6.07) is 4.59. The predicted octanol–water partition coefficient (Wildman–Crippen LogP) is 3.07. The molecular weight excluding hydrogens is 287 g/mol. The Morgan fingerprint density at radius 2 is 1.76 bits per heavy atom. The Hall–Kier alpha value is -2.70. The van der Waals surface area contributed by atoms with Crippen LogP contribution in [-0.4, -0.2) is 18.1 Å². The summed E-state index contributed by atoms with van der Waals surface area (Å²) in [6.07, 6.45) is 0. The van der Waals surface area contributed by atoms with Crippen LogP contribution in [0.25, 0.3) is 0 Å². The van der Waals surface area contributed by atoms with E-state index in [2.05, 4.69) is 0 Å². The molecule has 0 radical (unpaired) electrons. The average Bonchev–Trinajstić information content (AvgIpc) is 2.42. The fourth-order valence-electron chi connectivity index (χ4n) is 1.68. The Kier molecular flexibility index (Phi) is 4.02. The van der Waals surface area contributed by atoms with Gasteiger partial charge in [-0.2, -0.15) is 0 Å². The van der Waals surface area contributed by atoms with Crippen LogP contribution in [0.4, 0.5) is 18.9 Å². The van der Waals surface area contributed by atoms with E-state index >= 15 is 0 Å². The van der Waals surface area contributed by atoms with Crippen LogP contribution in [0.3, 0.4) is 0 Å². The maximum absolute atomic E-state index is 13.4. The van der Waals surface area contributed by atoms with Crippen molar-refractivity contribution in [2.24, 2.45) is 0 Å². The predicted molar refractivity (Wildman–Crippen MR) is 68.9 cm³/mol. The molecule has 0 spiro atoms. The van der Waals surface area contributed by atoms with Crippen LogP contribution in [0.15, 0.2) is 30.3 Å². The van der Waals surface area contributed by atoms with Crippen molar-refractivity contribution in [3.8, 4) is 11.5 Å². The fraction of sp³-hybridized carbons (Fsp3) is 0.0714. The zero-order valence-electron chi connectivity index (χ0n) is 10.8. The molecular formula is C14H10F3NO3. The van der Waals surface area contributed by atoms with E-state index in [1.54, 1.807) is 0 Å². The first-order chi connectivity index (χ1) is 9.92. The summed E-state index contributed by atoms with van der Waals surface area (Å²) in [5.74, 6) is -4.59. The average molecular weight is 297 g/mol. The van der Waals surface area contributed by atoms with E-state index < -0.39 is 29.0 Å². The highest BCUT2D eigenvalue weighted by atomic mass is 19.1. The van der Waals surface area contributed by atoms with Gasteiger partial charge in [-0.25, -0.2) is 13.2 Å². The molecule has 2 aromatic carbocycles. The molecule has 0 fully saturated rings. The standard InChI is InChI=1S/C14H10F3NO3/c1-21-12-3-2-7(4-11(12)19)14(20)18-13-9(16)5-8(15)6-10(13)17/h2-6,19H,1H3,(H,18,20). The molecule has 7 heteroatoms. The van der Waals surface area contributed by atoms with Gasteiger partial charge in [0.05, 0.1) is 7.11 Å². The van der Waals surface area contributed by atoms with E-state index in [4.69, 9.17) is 4.74 Å². The van der Waals surface area contributed by atoms with Crippen LogP contribution < -0.4 is 10.1 Å². The van der Waals surface area contributed by atoms with Crippen molar-refractivity contribution in [2.45, 2.75) is 0 Å². The Morgan fingerprint density at radius 3 is 2.29 bits per heavy atom. The zero-order chi connectivity index (χ0) is 15.6. The van der Waals surface area contributed by atoms with E-state index in [-0.39, 0.29) is 17.1 Å². The van der Waals surface area contributed by atoms with Gasteiger partial charge in [0.1, 0.15) is 11.5 Å². The van der Waals surface area contributed by atoms with Gasteiger partial charge in [-0.15, -0.1) is 0 Å². The highest BCUT2D eigenvalue weighted by Crippen LogP contribution is 2.27. The number of phenolic OH excluding ortho intramolecular Hbond substituents is 1. The van der Waals surface area contributed by atoms with E-state index in [1.807, 2.05) is 5.32 Å². The van der Waals surface area contributed by atoms with Crippen LogP contribution in [0.5, 0.6) is 11.5 Å². The molecule has 0 heterocycles. The minimum absolute atomic E-state index is 0.0450. The van der Waals surface area contributed by atoms with Gasteiger partial charge in [0.15, 0.2) is 23.1 Å². The number of rotatable bonds is 3. The number of ether oxygens (including phenoxy) is 1. The van der Waals surface area contributed by atoms with E-state index in [9.17, 15) is 23.1 Å². The second-order valence-corrected chi connectivity index (χ2v) is 4.09. The van der Waals surface area contributed by atoms with Crippen LogP contribution in [0.1, 0.15) is 10.4 Å². The van der Waals surface area contributed by atoms with Gasteiger partial charge in [-0.1, -0.05) is 0 Å². The molecule has 2 rings (SSSR count). The van der Waals surface area contributed by atoms with Crippen molar-refractivity contribution in [1.82, 2.24) is 0 Å². The Bertz CT molecular complexity index is 681. The number of carbonyl (C=O) groups excluding carboxylic acids is 1. The highest BCUT2D eigenvalue weighted by Gasteiger charge is 2.16. The van der Waals surface area contributed by atoms with Gasteiger partial charge in [-0.05, 0) is 18.2 Å². The number of hydrogen-bond donors (Lipinski definition) is 2. The number of phenols is 1. The number of carbonyl (C=O) groups is 1. The van der Waals surface area contributed by atoms with Gasteiger partial charge in [0.2, 0.25) is 0 Å². The number of amides is 1. The summed E-state index contributed by atoms with van der Waals surface area (Å²) in [4.78, 5) is 11.9. The smallest absolute Gasteiger partial charge is 0.255 e. The number of halogens is 3. The first-order valence-electron chi connectivity index (χ1n) is 5.75. The van der Waals surface area contributed by atoms with Gasteiger partial charge in [-0.3, -0.25) is 4.79 Å². The quantitative estimate of drug-likeness (QED) is 0.915. The molecule has 21 heavy (non-hydrogen) atoms. The first-order valence-corrected chi connectivity index (χ1v) is 5.75. The lowest BCUT2D eigenvalue weighted by atomic mass is 10.1. The topological polar surface area (TPSA) is 58.6 Å². The third-order valence-electron chi connectivity index (χ3n) is 2.69. The molecule has 2 aromatic rings. The van der Waals surface area contributed by atoms with Crippen molar-refractivity contribution >= 4 is 11.6 Å². The number of benzene rings is 2. The van der Waals surface area contributed by atoms with E-state index in [0.29, 0.717) is 12.1 Å². The maximum Gasteiger partial charge on any atom is 0.255 e. The van der Waals surface area contributed by atoms with Crippen LogP contribution in [0.2, 0.25) is 0 Å². The lowest BCUT2D eigenvalue weighted by Crippen LogP contribution is -2.14. The minimum Gasteiger partial charge on any atom is -0.504 e. The van der Waals surface area contributed by atoms with Crippen LogP contribution in [0, 0.1) is 17.5 Å². The Morgan fingerprint density at radius 1 is 1.14 bits per heavy atom. The molecule has 0 unspecified atom stereocenters. The number of anilines is 1. The molecule has 0 atom stereocenters. The van der Waals surface area contributed by atoms with E-state index in [0.717, 1.165) is 6.07 Å². The summed E-state index contributed by atoms with van der Waals surface area (Å²) in [6.45, 7) is 0. The van der Waals surface area contributed by atoms with Gasteiger partial charge < -0.3 is 15.2 Å². The summed E-state index contributed by atoms with van der Waals surface area (Å²) >= 11 is 0. The van der Waals surface area contributed by atoms with Crippen molar-refractivity contribution in [1.29, 1.82) is 0 Å². The molecule has 0 aromatic heterocycles. The number of nitrogens with one attached hydrogen (secondary N) is 1. The second-order valence-electron chi connectivity index (χ2n) is 4.09. The maximum atomic E-state index is 13.4. The van der Waals surface area contributed by atoms with Gasteiger partial charge in [0, 0.05) is 17.7 Å². The van der Waals surface area contributed by atoms with Crippen molar-refractivity contribution < 1.29 is 27.8 Å². The summed E-state index contributed by atoms with van der Waals surface area (Å²) in [5.41, 5.74) is -0.812. The molecule has 110 valence electrons. The number of methoxy groups -OCH3 is 1. The minimum atomic E-state index is -1.24. The third-order valence-corrected chi connectivity index (χ3v) is 2.69. The SMILES string of the molecule is COc1ccc(C(=O)Nc2c(F)cc(F)cc2F)cc1O. The fourth-order valence-corrected chi connectivity index (χ4v) is 1.68. The third kappa shape index (κ3) is 3.07. The first kappa shape index (κ1) is 14.7. The molecule has 0 bridgehead atoms. The lowest BCUT2D eigenvalue weighted by molar-refractivity contribution is 0.102. The molecule has 0 aliphatic carbocycles. The van der Waals surface area contributed by atoms with E-state index in [1.165, 1.54) is 19.2 Å². The highest BCUT2D eigenvalue weighted by molar-refractivity contribution is 6.04. The largest absolute Gasteiger partial charge is 0.504 e. The summed E-state index contributed by atoms with van der Waals surface area (Å²) in [7, 11) is 1.33. The zero-order valence-corrected chi connectivity index (χ0v) is 10.8. The second kappa shape index (κ2) is 5.74. The molecule has 2 N–H and O–H groups in total. The van der Waals surface area contributed by atoms with Crippen LogP contribution >= 0.6 is 0 Å². The molecule has 4 nitrogen and oxygen atoms in total. The lowest BCUT2D eigenvalue weighted by Gasteiger charge is -2.09. The number of aromatic hydroxyl groups is 1. The van der Waals surface area contributed by atoms with Crippen LogP contribution in [-0.2, 0) is 0 Å². The normalized spacial score (nSPS) is 10.3. The molecule has 0 aliphatic heterocycles. The monoisotopic (exact) mass is 297 g/mol. The summed E-state index contributed by atoms with van der Waals surface area (Å²) < 4.78 is 44.4. The van der Waals surface area contributed by atoms with Gasteiger partial charge in [0.25, 0.3) is 5.91 Å². The molecule has 0 saturated heterocycles.